The van der Waals surface area contributed by atoms with Crippen LogP contribution in [0, 0.1) is 0 Å². The van der Waals surface area contributed by atoms with E-state index in [1.807, 2.05) is 11.8 Å². The summed E-state index contributed by atoms with van der Waals surface area (Å²) in [5, 5.41) is 5.16. The number of anilines is 2. The first kappa shape index (κ1) is 20.9. The van der Waals surface area contributed by atoms with Crippen LogP contribution in [0.2, 0.25) is 0 Å². The van der Waals surface area contributed by atoms with Gasteiger partial charge in [-0.15, -0.1) is 0 Å². The molecule has 8 rings (SSSR count). The Labute approximate surface area is 219 Å². The lowest BCUT2D eigenvalue weighted by molar-refractivity contribution is 0.982. The molecule has 6 aromatic rings. The predicted octanol–water partition coefficient (Wildman–Crippen LogP) is 9.95. The molecule has 3 heteroatoms. The first-order valence-corrected chi connectivity index (χ1v) is 13.7. The van der Waals surface area contributed by atoms with Crippen LogP contribution in [0.3, 0.4) is 0 Å². The molecular formula is C34H24N2S. The van der Waals surface area contributed by atoms with Gasteiger partial charge in [-0.1, -0.05) is 90.6 Å². The Hall–Kier alpha value is -4.21. The van der Waals surface area contributed by atoms with Crippen LogP contribution in [0.5, 0.6) is 0 Å². The quantitative estimate of drug-likeness (QED) is 0.259. The van der Waals surface area contributed by atoms with E-state index in [1.165, 1.54) is 70.6 Å². The molecule has 0 radical (unpaired) electrons. The molecule has 0 bridgehead atoms. The number of nitrogens with zero attached hydrogens (tertiary/aromatic N) is 1. The third-order valence-electron chi connectivity index (χ3n) is 7.58. The van der Waals surface area contributed by atoms with Crippen LogP contribution in [-0.2, 0) is 0 Å². The van der Waals surface area contributed by atoms with E-state index < -0.39 is 0 Å². The Morgan fingerprint density at radius 1 is 0.649 bits per heavy atom. The second-order valence-electron chi connectivity index (χ2n) is 9.79. The van der Waals surface area contributed by atoms with E-state index >= 15 is 0 Å². The Morgan fingerprint density at radius 2 is 1.46 bits per heavy atom. The lowest BCUT2D eigenvalue weighted by Gasteiger charge is -2.36. The van der Waals surface area contributed by atoms with Gasteiger partial charge in [-0.2, -0.15) is 0 Å². The third kappa shape index (κ3) is 3.28. The molecule has 2 aliphatic rings. The molecule has 1 aliphatic carbocycles. The van der Waals surface area contributed by atoms with E-state index in [-0.39, 0.29) is 0 Å². The van der Waals surface area contributed by atoms with E-state index in [0.29, 0.717) is 0 Å². The van der Waals surface area contributed by atoms with Crippen molar-refractivity contribution in [3.05, 3.63) is 126 Å². The normalized spacial score (nSPS) is 15.0. The molecule has 0 atom stereocenters. The van der Waals surface area contributed by atoms with E-state index in [0.717, 1.165) is 12.8 Å². The van der Waals surface area contributed by atoms with E-state index in [1.54, 1.807) is 0 Å². The molecule has 1 aromatic heterocycles. The molecule has 1 aliphatic heterocycles. The Bertz CT molecular complexity index is 1910. The lowest BCUT2D eigenvalue weighted by Crippen LogP contribution is -2.22. The molecule has 0 fully saturated rings. The summed E-state index contributed by atoms with van der Waals surface area (Å²) in [6, 6.07) is 37.6. The van der Waals surface area contributed by atoms with Crippen molar-refractivity contribution in [3.8, 4) is 11.1 Å². The van der Waals surface area contributed by atoms with Crippen molar-refractivity contribution in [2.75, 3.05) is 4.90 Å². The fraction of sp³-hybridized carbons (Fsp3) is 0.0588. The summed E-state index contributed by atoms with van der Waals surface area (Å²) in [6.07, 6.45) is 6.98. The number of hydrogen-bond acceptors (Lipinski definition) is 2. The second kappa shape index (κ2) is 8.16. The number of allylic oxidation sites excluding steroid dienone is 2. The zero-order chi connectivity index (χ0) is 24.3. The lowest BCUT2D eigenvalue weighted by atomic mass is 10.0. The van der Waals surface area contributed by atoms with Crippen molar-refractivity contribution in [1.82, 2.24) is 4.98 Å². The molecule has 5 aromatic carbocycles. The Balaban J connectivity index is 1.27. The Kier molecular flexibility index (Phi) is 4.61. The summed E-state index contributed by atoms with van der Waals surface area (Å²) >= 11 is 1.90. The van der Waals surface area contributed by atoms with E-state index in [4.69, 9.17) is 0 Å². The van der Waals surface area contributed by atoms with Gasteiger partial charge in [0.15, 0.2) is 0 Å². The standard InChI is InChI=1S/C34H24N2S/c1-2-9-25(10-3-1)36-30-12-6-7-13-32(30)37-33-21-24(16-19-31(33)36)23-14-17-27-29(20-23)35-28-18-15-22-8-4-5-11-26(22)34(27)28/h1-5,8-21,35H,6-7H2. The zero-order valence-corrected chi connectivity index (χ0v) is 21.1. The first-order chi connectivity index (χ1) is 18.3. The Morgan fingerprint density at radius 3 is 2.41 bits per heavy atom. The monoisotopic (exact) mass is 492 g/mol. The van der Waals surface area contributed by atoms with Gasteiger partial charge in [-0.25, -0.2) is 0 Å². The molecule has 0 saturated heterocycles. The summed E-state index contributed by atoms with van der Waals surface area (Å²) in [5.74, 6) is 0. The molecule has 176 valence electrons. The zero-order valence-electron chi connectivity index (χ0n) is 20.2. The number of fused-ring (bicyclic) bond motifs is 7. The number of nitrogens with one attached hydrogen (secondary N) is 1. The van der Waals surface area contributed by atoms with Crippen LogP contribution in [0.15, 0.2) is 131 Å². The first-order valence-electron chi connectivity index (χ1n) is 12.8. The van der Waals surface area contributed by atoms with Gasteiger partial charge in [0.2, 0.25) is 0 Å². The SMILES string of the molecule is C1=C2Sc3cc(-c4ccc5c(c4)[nH]c4ccc6ccccc6c45)ccc3N(c3ccccc3)C2=CCC1. The highest BCUT2D eigenvalue weighted by Gasteiger charge is 2.28. The number of aromatic nitrogens is 1. The topological polar surface area (TPSA) is 19.0 Å². The summed E-state index contributed by atoms with van der Waals surface area (Å²) in [6.45, 7) is 0. The maximum atomic E-state index is 3.68. The smallest absolute Gasteiger partial charge is 0.0601 e. The van der Waals surface area contributed by atoms with Gasteiger partial charge >= 0.3 is 0 Å². The number of rotatable bonds is 2. The molecular weight excluding hydrogens is 468 g/mol. The number of H-pyrrole nitrogens is 1. The minimum absolute atomic E-state index is 1.09. The van der Waals surface area contributed by atoms with Crippen molar-refractivity contribution in [1.29, 1.82) is 0 Å². The summed E-state index contributed by atoms with van der Waals surface area (Å²) < 4.78 is 0. The van der Waals surface area contributed by atoms with E-state index in [2.05, 4.69) is 125 Å². The highest BCUT2D eigenvalue weighted by atomic mass is 32.2. The van der Waals surface area contributed by atoms with Gasteiger partial charge in [0, 0.05) is 37.3 Å². The van der Waals surface area contributed by atoms with Crippen LogP contribution in [0.25, 0.3) is 43.7 Å². The summed E-state index contributed by atoms with van der Waals surface area (Å²) in [4.78, 5) is 8.76. The molecule has 2 heterocycles. The molecule has 0 spiro atoms. The largest absolute Gasteiger partial charge is 0.354 e. The molecule has 0 unspecified atom stereocenters. The minimum Gasteiger partial charge on any atom is -0.354 e. The number of para-hydroxylation sites is 1. The molecule has 2 nitrogen and oxygen atoms in total. The van der Waals surface area contributed by atoms with Crippen molar-refractivity contribution >= 4 is 55.7 Å². The summed E-state index contributed by atoms with van der Waals surface area (Å²) in [7, 11) is 0. The third-order valence-corrected chi connectivity index (χ3v) is 8.73. The molecule has 37 heavy (non-hydrogen) atoms. The second-order valence-corrected chi connectivity index (χ2v) is 10.9. The fourth-order valence-corrected chi connectivity index (χ4v) is 7.02. The van der Waals surface area contributed by atoms with Gasteiger partial charge in [0.25, 0.3) is 0 Å². The van der Waals surface area contributed by atoms with Crippen LogP contribution in [0.1, 0.15) is 12.8 Å². The van der Waals surface area contributed by atoms with Crippen LogP contribution < -0.4 is 4.90 Å². The minimum atomic E-state index is 1.09. The summed E-state index contributed by atoms with van der Waals surface area (Å²) in [5.41, 5.74) is 8.63. The van der Waals surface area contributed by atoms with Crippen molar-refractivity contribution in [3.63, 3.8) is 0 Å². The van der Waals surface area contributed by atoms with Gasteiger partial charge in [-0.3, -0.25) is 0 Å². The highest BCUT2D eigenvalue weighted by molar-refractivity contribution is 8.03. The average Bonchev–Trinajstić information content (AvgIpc) is 3.34. The molecule has 0 amide bonds. The fourth-order valence-electron chi connectivity index (χ4n) is 5.85. The maximum Gasteiger partial charge on any atom is 0.0601 e. The number of thioether (sulfide) groups is 1. The van der Waals surface area contributed by atoms with Crippen LogP contribution in [0.4, 0.5) is 11.4 Å². The highest BCUT2D eigenvalue weighted by Crippen LogP contribution is 2.51. The van der Waals surface area contributed by atoms with Gasteiger partial charge in [0.1, 0.15) is 0 Å². The number of benzene rings is 5. The predicted molar refractivity (Wildman–Crippen MR) is 159 cm³/mol. The van der Waals surface area contributed by atoms with Gasteiger partial charge < -0.3 is 9.88 Å². The van der Waals surface area contributed by atoms with Gasteiger partial charge in [0.05, 0.1) is 11.4 Å². The number of hydrogen-bond donors (Lipinski definition) is 1. The maximum absolute atomic E-state index is 3.68. The molecule has 1 N–H and O–H groups in total. The number of aromatic amines is 1. The van der Waals surface area contributed by atoms with Crippen molar-refractivity contribution < 1.29 is 0 Å². The average molecular weight is 493 g/mol. The van der Waals surface area contributed by atoms with E-state index in [9.17, 15) is 0 Å². The van der Waals surface area contributed by atoms with Gasteiger partial charge in [-0.05, 0) is 71.1 Å². The van der Waals surface area contributed by atoms with Crippen molar-refractivity contribution in [2.24, 2.45) is 0 Å². The van der Waals surface area contributed by atoms with Crippen LogP contribution >= 0.6 is 11.8 Å². The van der Waals surface area contributed by atoms with Crippen LogP contribution in [-0.4, -0.2) is 4.98 Å². The molecule has 0 saturated carbocycles. The van der Waals surface area contributed by atoms with Crippen molar-refractivity contribution in [2.45, 2.75) is 17.7 Å².